The normalized spacial score (nSPS) is 11.6. The summed E-state index contributed by atoms with van der Waals surface area (Å²) in [6.07, 6.45) is -0.733. The predicted molar refractivity (Wildman–Crippen MR) is 66.9 cm³/mol. The molecule has 1 unspecified atom stereocenters. The maximum Gasteiger partial charge on any atom is 0.326 e. The molecule has 4 N–H and O–H groups in total. The summed E-state index contributed by atoms with van der Waals surface area (Å²) in [4.78, 5) is 33.0. The Morgan fingerprint density at radius 3 is 2.37 bits per heavy atom. The highest BCUT2D eigenvalue weighted by atomic mass is 79.9. The number of aromatic hydroxyl groups is 1. The molecule has 0 aliphatic carbocycles. The molecule has 1 aromatic carbocycles. The largest absolute Gasteiger partial charge is 0.507 e. The predicted octanol–water partition coefficient (Wildman–Crippen LogP) is 0.812. The van der Waals surface area contributed by atoms with E-state index in [4.69, 9.17) is 10.2 Å². The molecule has 0 aliphatic rings. The quantitative estimate of drug-likeness (QED) is 0.633. The monoisotopic (exact) mass is 331 g/mol. The number of amides is 1. The van der Waals surface area contributed by atoms with Gasteiger partial charge >= 0.3 is 11.9 Å². The highest BCUT2D eigenvalue weighted by molar-refractivity contribution is 9.10. The number of carbonyl (C=O) groups excluding carboxylic acids is 1. The fourth-order valence-electron chi connectivity index (χ4n) is 1.27. The van der Waals surface area contributed by atoms with Crippen LogP contribution in [0.3, 0.4) is 0 Å². The number of benzene rings is 1. The molecule has 0 saturated carbocycles. The number of hydrogen-bond donors (Lipinski definition) is 4. The first-order chi connectivity index (χ1) is 8.81. The van der Waals surface area contributed by atoms with E-state index in [1.807, 2.05) is 0 Å². The van der Waals surface area contributed by atoms with Crippen molar-refractivity contribution in [3.63, 3.8) is 0 Å². The van der Waals surface area contributed by atoms with Crippen LogP contribution in [0, 0.1) is 0 Å². The minimum absolute atomic E-state index is 0.0253. The molecule has 0 fully saturated rings. The van der Waals surface area contributed by atoms with Crippen LogP contribution >= 0.6 is 15.9 Å². The van der Waals surface area contributed by atoms with Gasteiger partial charge in [-0.05, 0) is 34.1 Å². The molecule has 19 heavy (non-hydrogen) atoms. The van der Waals surface area contributed by atoms with Gasteiger partial charge in [0.15, 0.2) is 0 Å². The van der Waals surface area contributed by atoms with Gasteiger partial charge in [0.05, 0.1) is 10.9 Å². The molecule has 1 atom stereocenters. The van der Waals surface area contributed by atoms with Gasteiger partial charge in [0, 0.05) is 5.56 Å². The van der Waals surface area contributed by atoms with E-state index in [2.05, 4.69) is 21.2 Å². The number of nitrogens with one attached hydrogen (secondary N) is 1. The molecule has 0 bridgehead atoms. The van der Waals surface area contributed by atoms with Crippen LogP contribution in [0.2, 0.25) is 0 Å². The number of carboxylic acids is 2. The minimum atomic E-state index is -1.53. The Morgan fingerprint density at radius 2 is 1.89 bits per heavy atom. The summed E-state index contributed by atoms with van der Waals surface area (Å²) in [5, 5.41) is 28.8. The second kappa shape index (κ2) is 6.19. The van der Waals surface area contributed by atoms with Gasteiger partial charge in [-0.1, -0.05) is 0 Å². The third-order valence-corrected chi connectivity index (χ3v) is 2.86. The zero-order valence-corrected chi connectivity index (χ0v) is 11.0. The highest BCUT2D eigenvalue weighted by Gasteiger charge is 2.23. The van der Waals surface area contributed by atoms with Gasteiger partial charge in [0.25, 0.3) is 5.91 Å². The highest BCUT2D eigenvalue weighted by Crippen LogP contribution is 2.24. The van der Waals surface area contributed by atoms with E-state index >= 15 is 0 Å². The lowest BCUT2D eigenvalue weighted by atomic mass is 10.1. The van der Waals surface area contributed by atoms with Crippen LogP contribution in [-0.4, -0.2) is 39.2 Å². The van der Waals surface area contributed by atoms with Crippen LogP contribution < -0.4 is 5.32 Å². The number of aliphatic carboxylic acids is 2. The zero-order chi connectivity index (χ0) is 14.6. The van der Waals surface area contributed by atoms with E-state index in [0.717, 1.165) is 6.07 Å². The maximum atomic E-state index is 11.7. The number of hydrogen-bond acceptors (Lipinski definition) is 4. The van der Waals surface area contributed by atoms with Crippen LogP contribution in [0.25, 0.3) is 0 Å². The van der Waals surface area contributed by atoms with Crippen LogP contribution in [0.15, 0.2) is 22.7 Å². The van der Waals surface area contributed by atoms with Crippen molar-refractivity contribution in [2.75, 3.05) is 0 Å². The van der Waals surface area contributed by atoms with Gasteiger partial charge in [-0.3, -0.25) is 9.59 Å². The Labute approximate surface area is 116 Å². The summed E-state index contributed by atoms with van der Waals surface area (Å²) in [6.45, 7) is 0. The molecule has 1 rings (SSSR count). The number of phenolic OH excluding ortho intramolecular Hbond substituents is 1. The Kier molecular flexibility index (Phi) is 4.87. The smallest absolute Gasteiger partial charge is 0.326 e. The third-order valence-electron chi connectivity index (χ3n) is 2.19. The van der Waals surface area contributed by atoms with E-state index in [1.54, 1.807) is 0 Å². The summed E-state index contributed by atoms with van der Waals surface area (Å²) in [5.74, 6) is -3.75. The maximum absolute atomic E-state index is 11.7. The van der Waals surface area contributed by atoms with E-state index in [9.17, 15) is 19.5 Å². The lowest BCUT2D eigenvalue weighted by Crippen LogP contribution is -2.42. The molecule has 7 nitrogen and oxygen atoms in total. The first-order valence-electron chi connectivity index (χ1n) is 5.05. The van der Waals surface area contributed by atoms with Gasteiger partial charge in [-0.25, -0.2) is 4.79 Å². The second-order valence-corrected chi connectivity index (χ2v) is 4.48. The Morgan fingerprint density at radius 1 is 1.26 bits per heavy atom. The Balaban J connectivity index is 2.84. The summed E-state index contributed by atoms with van der Waals surface area (Å²) < 4.78 is 0.379. The molecule has 0 saturated heterocycles. The average Bonchev–Trinajstić information content (AvgIpc) is 2.31. The van der Waals surface area contributed by atoms with Gasteiger partial charge in [0.2, 0.25) is 0 Å². The van der Waals surface area contributed by atoms with Crippen molar-refractivity contribution in [3.05, 3.63) is 28.2 Å². The van der Waals surface area contributed by atoms with Crippen molar-refractivity contribution in [1.82, 2.24) is 5.32 Å². The van der Waals surface area contributed by atoms with Gasteiger partial charge in [0.1, 0.15) is 11.8 Å². The van der Waals surface area contributed by atoms with Crippen molar-refractivity contribution in [1.29, 1.82) is 0 Å². The molecule has 0 aromatic heterocycles. The van der Waals surface area contributed by atoms with E-state index in [0.29, 0.717) is 4.47 Å². The Hall–Kier alpha value is -2.09. The molecule has 0 heterocycles. The molecular formula is C11H10BrNO6. The minimum Gasteiger partial charge on any atom is -0.507 e. The average molecular weight is 332 g/mol. The van der Waals surface area contributed by atoms with E-state index < -0.39 is 30.3 Å². The van der Waals surface area contributed by atoms with Crippen LogP contribution in [-0.2, 0) is 9.59 Å². The van der Waals surface area contributed by atoms with Crippen molar-refractivity contribution in [2.45, 2.75) is 12.5 Å². The lowest BCUT2D eigenvalue weighted by molar-refractivity contribution is -0.145. The van der Waals surface area contributed by atoms with Gasteiger partial charge < -0.3 is 20.6 Å². The summed E-state index contributed by atoms with van der Waals surface area (Å²) >= 11 is 3.03. The molecule has 0 aliphatic heterocycles. The molecule has 1 aromatic rings. The van der Waals surface area contributed by atoms with Crippen molar-refractivity contribution in [2.24, 2.45) is 0 Å². The summed E-state index contributed by atoms with van der Waals surface area (Å²) in [6, 6.07) is 2.38. The molecule has 102 valence electrons. The first kappa shape index (κ1) is 15.0. The van der Waals surface area contributed by atoms with Crippen molar-refractivity contribution >= 4 is 33.8 Å². The van der Waals surface area contributed by atoms with Crippen molar-refractivity contribution in [3.8, 4) is 5.75 Å². The molecular weight excluding hydrogens is 322 g/mol. The number of rotatable bonds is 5. The van der Waals surface area contributed by atoms with Crippen LogP contribution in [0.4, 0.5) is 0 Å². The number of halogens is 1. The fourth-order valence-corrected chi connectivity index (χ4v) is 1.52. The zero-order valence-electron chi connectivity index (χ0n) is 9.46. The standard InChI is InChI=1S/C11H10BrNO6/c12-6-2-1-5(3-8(6)14)10(17)13-7(11(18)19)4-9(15)16/h1-3,7,14H,4H2,(H,13,17)(H,15,16)(H,18,19). The second-order valence-electron chi connectivity index (χ2n) is 3.63. The fraction of sp³-hybridized carbons (Fsp3) is 0.182. The van der Waals surface area contributed by atoms with Crippen molar-refractivity contribution < 1.29 is 29.7 Å². The van der Waals surface area contributed by atoms with E-state index in [-0.39, 0.29) is 11.3 Å². The molecule has 1 amide bonds. The van der Waals surface area contributed by atoms with E-state index in [1.165, 1.54) is 12.1 Å². The topological polar surface area (TPSA) is 124 Å². The number of carboxylic acid groups (broad SMARTS) is 2. The Bertz CT molecular complexity index is 530. The molecule has 8 heteroatoms. The first-order valence-corrected chi connectivity index (χ1v) is 5.84. The summed E-state index contributed by atoms with van der Waals surface area (Å²) in [5.41, 5.74) is 0.0253. The number of carbonyl (C=O) groups is 3. The van der Waals surface area contributed by atoms with Gasteiger partial charge in [-0.2, -0.15) is 0 Å². The number of phenols is 1. The lowest BCUT2D eigenvalue weighted by Gasteiger charge is -2.12. The molecule has 0 radical (unpaired) electrons. The van der Waals surface area contributed by atoms with Crippen LogP contribution in [0.1, 0.15) is 16.8 Å². The third kappa shape index (κ3) is 4.25. The van der Waals surface area contributed by atoms with Crippen LogP contribution in [0.5, 0.6) is 5.75 Å². The summed E-state index contributed by atoms with van der Waals surface area (Å²) in [7, 11) is 0. The van der Waals surface area contributed by atoms with Gasteiger partial charge in [-0.15, -0.1) is 0 Å². The molecule has 0 spiro atoms. The SMILES string of the molecule is O=C(O)CC(NC(=O)c1ccc(Br)c(O)c1)C(=O)O.